The molecule has 1 aromatic carbocycles. The molecular weight excluding hydrogens is 178 g/mol. The van der Waals surface area contributed by atoms with Gasteiger partial charge in [0, 0.05) is 6.42 Å². The molecule has 0 aliphatic rings. The zero-order chi connectivity index (χ0) is 10.4. The molecule has 0 N–H and O–H groups in total. The van der Waals surface area contributed by atoms with Crippen LogP contribution in [0.1, 0.15) is 12.0 Å². The number of rotatable bonds is 4. The summed E-state index contributed by atoms with van der Waals surface area (Å²) < 4.78 is 0. The lowest BCUT2D eigenvalue weighted by Gasteiger charge is -2.16. The Labute approximate surface area is 82.0 Å². The van der Waals surface area contributed by atoms with Gasteiger partial charge in [-0.3, -0.25) is 0 Å². The van der Waals surface area contributed by atoms with Crippen molar-refractivity contribution in [3.8, 4) is 6.07 Å². The molecule has 14 heavy (non-hydrogen) atoms. The average molecular weight is 187 g/mol. The van der Waals surface area contributed by atoms with Crippen LogP contribution in [-0.2, 0) is 15.0 Å². The van der Waals surface area contributed by atoms with Gasteiger partial charge in [-0.25, -0.2) is 0 Å². The molecule has 0 aliphatic carbocycles. The topological polar surface area (TPSA) is 57.9 Å². The lowest BCUT2D eigenvalue weighted by atomic mass is 9.81. The van der Waals surface area contributed by atoms with E-state index >= 15 is 0 Å². The fourth-order valence-electron chi connectivity index (χ4n) is 1.24. The van der Waals surface area contributed by atoms with Crippen LogP contribution in [0.15, 0.2) is 30.3 Å². The average Bonchev–Trinajstić information content (AvgIpc) is 2.27. The van der Waals surface area contributed by atoms with Crippen molar-refractivity contribution >= 4 is 12.6 Å². The molecule has 3 heteroatoms. The fourth-order valence-corrected chi connectivity index (χ4v) is 1.24. The molecule has 0 aliphatic heterocycles. The molecular formula is C11H9NO2. The Bertz CT molecular complexity index is 367. The molecule has 0 fully saturated rings. The maximum atomic E-state index is 10.9. The van der Waals surface area contributed by atoms with Gasteiger partial charge in [0.1, 0.15) is 18.0 Å². The summed E-state index contributed by atoms with van der Waals surface area (Å²) in [7, 11) is 0. The number of hydrogen-bond acceptors (Lipinski definition) is 3. The molecule has 1 unspecified atom stereocenters. The molecule has 0 heterocycles. The van der Waals surface area contributed by atoms with Gasteiger partial charge >= 0.3 is 0 Å². The van der Waals surface area contributed by atoms with Gasteiger partial charge in [-0.05, 0) is 5.56 Å². The van der Waals surface area contributed by atoms with E-state index in [2.05, 4.69) is 0 Å². The SMILES string of the molecule is N#CC(C=O)(CC=O)c1ccccc1. The summed E-state index contributed by atoms with van der Waals surface area (Å²) >= 11 is 0. The van der Waals surface area contributed by atoms with Crippen LogP contribution in [0.5, 0.6) is 0 Å². The zero-order valence-corrected chi connectivity index (χ0v) is 7.51. The van der Waals surface area contributed by atoms with Crippen LogP contribution in [0.3, 0.4) is 0 Å². The summed E-state index contributed by atoms with van der Waals surface area (Å²) in [4.78, 5) is 21.3. The summed E-state index contributed by atoms with van der Waals surface area (Å²) in [6, 6.07) is 10.5. The van der Waals surface area contributed by atoms with Crippen LogP contribution in [0.25, 0.3) is 0 Å². The van der Waals surface area contributed by atoms with Crippen LogP contribution < -0.4 is 0 Å². The minimum absolute atomic E-state index is 0.100. The lowest BCUT2D eigenvalue weighted by Crippen LogP contribution is -2.26. The monoisotopic (exact) mass is 187 g/mol. The second kappa shape index (κ2) is 4.33. The Balaban J connectivity index is 3.18. The largest absolute Gasteiger partial charge is 0.303 e. The highest BCUT2D eigenvalue weighted by molar-refractivity contribution is 5.78. The molecule has 0 bridgehead atoms. The van der Waals surface area contributed by atoms with Crippen molar-refractivity contribution in [2.75, 3.05) is 0 Å². The summed E-state index contributed by atoms with van der Waals surface area (Å²) in [5.41, 5.74) is -0.757. The van der Waals surface area contributed by atoms with Crippen molar-refractivity contribution in [1.82, 2.24) is 0 Å². The molecule has 1 rings (SSSR count). The van der Waals surface area contributed by atoms with E-state index in [1.807, 2.05) is 6.07 Å². The van der Waals surface area contributed by atoms with E-state index < -0.39 is 5.41 Å². The summed E-state index contributed by atoms with van der Waals surface area (Å²) in [6.07, 6.45) is 1.01. The van der Waals surface area contributed by atoms with Crippen LogP contribution in [0.2, 0.25) is 0 Å². The van der Waals surface area contributed by atoms with Gasteiger partial charge in [-0.1, -0.05) is 30.3 Å². The Hall–Kier alpha value is -1.95. The minimum Gasteiger partial charge on any atom is -0.303 e. The van der Waals surface area contributed by atoms with Crippen molar-refractivity contribution in [3.63, 3.8) is 0 Å². The normalized spacial score (nSPS) is 13.6. The Morgan fingerprint density at radius 2 is 1.93 bits per heavy atom. The summed E-state index contributed by atoms with van der Waals surface area (Å²) in [5.74, 6) is 0. The quantitative estimate of drug-likeness (QED) is 0.666. The number of carbonyl (C=O) groups is 2. The molecule has 1 atom stereocenters. The smallest absolute Gasteiger partial charge is 0.145 e. The molecule has 3 nitrogen and oxygen atoms in total. The number of hydrogen-bond donors (Lipinski definition) is 0. The number of carbonyl (C=O) groups excluding carboxylic acids is 2. The Morgan fingerprint density at radius 3 is 2.36 bits per heavy atom. The van der Waals surface area contributed by atoms with Gasteiger partial charge in [0.05, 0.1) is 6.07 Å². The Kier molecular flexibility index (Phi) is 3.14. The highest BCUT2D eigenvalue weighted by atomic mass is 16.1. The molecule has 0 saturated heterocycles. The third-order valence-electron chi connectivity index (χ3n) is 2.09. The first-order valence-corrected chi connectivity index (χ1v) is 4.16. The second-order valence-corrected chi connectivity index (χ2v) is 2.94. The highest BCUT2D eigenvalue weighted by Crippen LogP contribution is 2.23. The van der Waals surface area contributed by atoms with Crippen LogP contribution in [-0.4, -0.2) is 12.6 Å². The van der Waals surface area contributed by atoms with Gasteiger partial charge in [0.15, 0.2) is 0 Å². The van der Waals surface area contributed by atoms with Gasteiger partial charge < -0.3 is 9.59 Å². The first-order chi connectivity index (χ1) is 6.79. The van der Waals surface area contributed by atoms with E-state index in [1.54, 1.807) is 30.3 Å². The van der Waals surface area contributed by atoms with Crippen LogP contribution in [0.4, 0.5) is 0 Å². The lowest BCUT2D eigenvalue weighted by molar-refractivity contribution is -0.115. The maximum Gasteiger partial charge on any atom is 0.145 e. The molecule has 0 aromatic heterocycles. The summed E-state index contributed by atoms with van der Waals surface area (Å²) in [6.45, 7) is 0. The second-order valence-electron chi connectivity index (χ2n) is 2.94. The molecule has 1 aromatic rings. The van der Waals surface area contributed by atoms with Crippen LogP contribution >= 0.6 is 0 Å². The molecule has 70 valence electrons. The van der Waals surface area contributed by atoms with Crippen molar-refractivity contribution < 1.29 is 9.59 Å². The minimum atomic E-state index is -1.32. The molecule has 0 saturated carbocycles. The molecule has 0 spiro atoms. The number of benzene rings is 1. The van der Waals surface area contributed by atoms with Crippen molar-refractivity contribution in [3.05, 3.63) is 35.9 Å². The van der Waals surface area contributed by atoms with Gasteiger partial charge in [0.2, 0.25) is 0 Å². The first kappa shape index (κ1) is 10.1. The third-order valence-corrected chi connectivity index (χ3v) is 2.09. The van der Waals surface area contributed by atoms with Crippen LogP contribution in [0, 0.1) is 11.3 Å². The van der Waals surface area contributed by atoms with E-state index in [9.17, 15) is 9.59 Å². The van der Waals surface area contributed by atoms with Gasteiger partial charge in [-0.15, -0.1) is 0 Å². The van der Waals surface area contributed by atoms with Crippen molar-refractivity contribution in [2.45, 2.75) is 11.8 Å². The van der Waals surface area contributed by atoms with Gasteiger partial charge in [-0.2, -0.15) is 5.26 Å². The fraction of sp³-hybridized carbons (Fsp3) is 0.182. The van der Waals surface area contributed by atoms with Crippen molar-refractivity contribution in [2.24, 2.45) is 0 Å². The standard InChI is InChI=1S/C11H9NO2/c12-8-11(9-14,6-7-13)10-4-2-1-3-5-10/h1-5,7,9H,6H2. The third kappa shape index (κ3) is 1.69. The predicted octanol–water partition coefficient (Wildman–Crippen LogP) is 1.24. The zero-order valence-electron chi connectivity index (χ0n) is 7.51. The first-order valence-electron chi connectivity index (χ1n) is 4.16. The number of nitriles is 1. The van der Waals surface area contributed by atoms with E-state index in [-0.39, 0.29) is 6.42 Å². The number of aldehydes is 2. The van der Waals surface area contributed by atoms with E-state index in [4.69, 9.17) is 5.26 Å². The number of nitrogens with zero attached hydrogens (tertiary/aromatic N) is 1. The molecule has 0 amide bonds. The highest BCUT2D eigenvalue weighted by Gasteiger charge is 2.31. The van der Waals surface area contributed by atoms with Gasteiger partial charge in [0.25, 0.3) is 0 Å². The molecule has 0 radical (unpaired) electrons. The van der Waals surface area contributed by atoms with Crippen molar-refractivity contribution in [1.29, 1.82) is 5.26 Å². The Morgan fingerprint density at radius 1 is 1.29 bits per heavy atom. The van der Waals surface area contributed by atoms with E-state index in [1.165, 1.54) is 0 Å². The predicted molar refractivity (Wildman–Crippen MR) is 50.5 cm³/mol. The maximum absolute atomic E-state index is 10.9. The van der Waals surface area contributed by atoms with E-state index in [0.29, 0.717) is 18.1 Å². The van der Waals surface area contributed by atoms with E-state index in [0.717, 1.165) is 0 Å². The summed E-state index contributed by atoms with van der Waals surface area (Å²) in [5, 5.41) is 8.92.